The summed E-state index contributed by atoms with van der Waals surface area (Å²) in [5, 5.41) is 0. The highest BCUT2D eigenvalue weighted by atomic mass is 19.4. The van der Waals surface area contributed by atoms with Gasteiger partial charge in [-0.1, -0.05) is 30.4 Å². The number of nitrogens with zero attached hydrogens (tertiary/aromatic N) is 4. The van der Waals surface area contributed by atoms with Crippen molar-refractivity contribution in [2.24, 2.45) is 0 Å². The van der Waals surface area contributed by atoms with E-state index in [1.54, 1.807) is 19.9 Å². The average molecular weight is 581 g/mol. The minimum absolute atomic E-state index is 0.0477. The van der Waals surface area contributed by atoms with Gasteiger partial charge in [0, 0.05) is 12.4 Å². The quantitative estimate of drug-likeness (QED) is 0.311. The lowest BCUT2D eigenvalue weighted by atomic mass is 9.93. The van der Waals surface area contributed by atoms with E-state index in [9.17, 15) is 27.6 Å². The second kappa shape index (κ2) is 11.7. The Hall–Kier alpha value is -5.20. The third-order valence-corrected chi connectivity index (χ3v) is 6.39. The molecule has 1 atom stereocenters. The molecule has 0 saturated carbocycles. The molecule has 4 rings (SSSR count). The Kier molecular flexibility index (Phi) is 8.31. The second-order valence-corrected chi connectivity index (χ2v) is 9.39. The highest BCUT2D eigenvalue weighted by Crippen LogP contribution is 2.39. The lowest BCUT2D eigenvalue weighted by Gasteiger charge is -2.22. The van der Waals surface area contributed by atoms with E-state index < -0.39 is 29.4 Å². The summed E-state index contributed by atoms with van der Waals surface area (Å²) < 4.78 is 50.5. The van der Waals surface area contributed by atoms with Crippen LogP contribution < -0.4 is 22.8 Å². The number of rotatable bonds is 7. The van der Waals surface area contributed by atoms with E-state index in [1.807, 2.05) is 0 Å². The van der Waals surface area contributed by atoms with Crippen molar-refractivity contribution in [3.05, 3.63) is 110 Å². The number of hydrogen-bond acceptors (Lipinski definition) is 8. The number of aryl methyl sites for hydroxylation is 2. The summed E-state index contributed by atoms with van der Waals surface area (Å²) in [6.45, 7) is 5.03. The van der Waals surface area contributed by atoms with Crippen LogP contribution in [0.15, 0.2) is 70.5 Å². The number of nitrogen functional groups attached to an aromatic ring is 2. The molecule has 13 heteroatoms. The van der Waals surface area contributed by atoms with Gasteiger partial charge in [-0.25, -0.2) is 14.4 Å². The topological polar surface area (TPSA) is 148 Å². The number of halogens is 3. The second-order valence-electron chi connectivity index (χ2n) is 9.39. The van der Waals surface area contributed by atoms with Crippen LogP contribution in [0, 0.1) is 13.8 Å². The van der Waals surface area contributed by atoms with Crippen molar-refractivity contribution in [3.63, 3.8) is 0 Å². The van der Waals surface area contributed by atoms with E-state index in [0.717, 1.165) is 15.2 Å². The van der Waals surface area contributed by atoms with E-state index in [4.69, 9.17) is 16.2 Å². The molecule has 0 aliphatic heterocycles. The molecule has 1 unspecified atom stereocenters. The van der Waals surface area contributed by atoms with E-state index in [-0.39, 0.29) is 40.7 Å². The summed E-state index contributed by atoms with van der Waals surface area (Å²) in [7, 11) is 0. The molecule has 0 spiro atoms. The number of hydrogen-bond donors (Lipinski definition) is 2. The molecule has 2 aromatic heterocycles. The molecule has 0 saturated heterocycles. The predicted octanol–water partition coefficient (Wildman–Crippen LogP) is 4.10. The number of alkyl halides is 3. The molecule has 218 valence electrons. The molecular formula is C29H27F3N6O4. The van der Waals surface area contributed by atoms with Crippen molar-refractivity contribution >= 4 is 23.7 Å². The van der Waals surface area contributed by atoms with Crippen LogP contribution in [0.2, 0.25) is 0 Å². The van der Waals surface area contributed by atoms with Crippen molar-refractivity contribution in [1.29, 1.82) is 0 Å². The number of esters is 1. The third-order valence-electron chi connectivity index (χ3n) is 6.39. The standard InChI is InChI=1S/C29H27F3N6O4/c1-4-42-26(39)20-7-5-18(13-16(20)2)6-8-21(29(30,31)32)19-14-17(3)25(38-12-10-24(34)36-28(38)41)22(15-19)37-11-9-23(33)35-27(37)40/h5-15,21H,4H2,1-3H3,(H2,33,35,40)(H2,34,36,41)/b8-6+. The molecule has 0 aliphatic rings. The Morgan fingerprint density at radius 2 is 1.57 bits per heavy atom. The van der Waals surface area contributed by atoms with Crippen molar-refractivity contribution in [2.75, 3.05) is 18.1 Å². The van der Waals surface area contributed by atoms with Crippen LogP contribution in [0.1, 0.15) is 45.5 Å². The lowest BCUT2D eigenvalue weighted by Crippen LogP contribution is -2.28. The predicted molar refractivity (Wildman–Crippen MR) is 152 cm³/mol. The number of allylic oxidation sites excluding steroid dienone is 1. The van der Waals surface area contributed by atoms with Gasteiger partial charge in [0.2, 0.25) is 0 Å². The van der Waals surface area contributed by atoms with Crippen LogP contribution in [-0.4, -0.2) is 37.9 Å². The van der Waals surface area contributed by atoms with Crippen LogP contribution in [0.4, 0.5) is 24.8 Å². The SMILES string of the molecule is CCOC(=O)c1ccc(/C=C/C(c2cc(C)c(-n3ccc(N)nc3=O)c(-n3ccc(N)nc3=O)c2)C(F)(F)F)cc1C. The smallest absolute Gasteiger partial charge is 0.399 e. The first-order chi connectivity index (χ1) is 19.8. The molecular weight excluding hydrogens is 553 g/mol. The fourth-order valence-electron chi connectivity index (χ4n) is 4.50. The Labute approximate surface area is 237 Å². The van der Waals surface area contributed by atoms with E-state index in [0.29, 0.717) is 16.7 Å². The van der Waals surface area contributed by atoms with Gasteiger partial charge in [-0.05, 0) is 67.3 Å². The fraction of sp³-hybridized carbons (Fsp3) is 0.207. The first-order valence-electron chi connectivity index (χ1n) is 12.7. The molecule has 0 fully saturated rings. The van der Waals surface area contributed by atoms with Gasteiger partial charge in [-0.3, -0.25) is 9.13 Å². The molecule has 10 nitrogen and oxygen atoms in total. The van der Waals surface area contributed by atoms with Crippen molar-refractivity contribution in [3.8, 4) is 11.4 Å². The summed E-state index contributed by atoms with van der Waals surface area (Å²) >= 11 is 0. The molecule has 0 bridgehead atoms. The van der Waals surface area contributed by atoms with Crippen LogP contribution in [0.3, 0.4) is 0 Å². The fourth-order valence-corrected chi connectivity index (χ4v) is 4.50. The van der Waals surface area contributed by atoms with Gasteiger partial charge in [0.05, 0.1) is 29.5 Å². The average Bonchev–Trinajstić information content (AvgIpc) is 2.88. The first kappa shape index (κ1) is 29.8. The maximum atomic E-state index is 14.5. The Balaban J connectivity index is 1.88. The van der Waals surface area contributed by atoms with Gasteiger partial charge in [0.15, 0.2) is 0 Å². The van der Waals surface area contributed by atoms with Crippen LogP contribution in [-0.2, 0) is 4.74 Å². The Morgan fingerprint density at radius 1 is 0.952 bits per heavy atom. The van der Waals surface area contributed by atoms with Gasteiger partial charge in [0.1, 0.15) is 11.6 Å². The van der Waals surface area contributed by atoms with Crippen molar-refractivity contribution in [1.82, 2.24) is 19.1 Å². The number of ether oxygens (including phenoxy) is 1. The highest BCUT2D eigenvalue weighted by Gasteiger charge is 2.39. The molecule has 42 heavy (non-hydrogen) atoms. The normalized spacial score (nSPS) is 12.4. The van der Waals surface area contributed by atoms with E-state index >= 15 is 0 Å². The van der Waals surface area contributed by atoms with Crippen LogP contribution >= 0.6 is 0 Å². The number of benzene rings is 2. The zero-order valence-electron chi connectivity index (χ0n) is 22.8. The Bertz CT molecular complexity index is 1810. The van der Waals surface area contributed by atoms with Crippen molar-refractivity contribution < 1.29 is 22.7 Å². The zero-order valence-corrected chi connectivity index (χ0v) is 22.8. The molecule has 2 aromatic carbocycles. The number of carbonyl (C=O) groups is 1. The van der Waals surface area contributed by atoms with Crippen LogP contribution in [0.5, 0.6) is 0 Å². The lowest BCUT2D eigenvalue weighted by molar-refractivity contribution is -0.139. The van der Waals surface area contributed by atoms with Crippen LogP contribution in [0.25, 0.3) is 17.5 Å². The van der Waals surface area contributed by atoms with Gasteiger partial charge in [-0.15, -0.1) is 0 Å². The summed E-state index contributed by atoms with van der Waals surface area (Å²) in [6.07, 6.45) is 0.127. The molecule has 0 aliphatic carbocycles. The third kappa shape index (κ3) is 6.24. The van der Waals surface area contributed by atoms with Gasteiger partial charge >= 0.3 is 23.5 Å². The summed E-state index contributed by atoms with van der Waals surface area (Å²) in [5.41, 5.74) is 11.0. The van der Waals surface area contributed by atoms with Gasteiger partial charge in [-0.2, -0.15) is 23.1 Å². The Morgan fingerprint density at radius 3 is 2.12 bits per heavy atom. The molecule has 4 aromatic rings. The summed E-state index contributed by atoms with van der Waals surface area (Å²) in [5.74, 6) is -2.76. The summed E-state index contributed by atoms with van der Waals surface area (Å²) in [4.78, 5) is 45.0. The molecule has 0 amide bonds. The molecule has 4 N–H and O–H groups in total. The molecule has 2 heterocycles. The highest BCUT2D eigenvalue weighted by molar-refractivity contribution is 5.91. The minimum Gasteiger partial charge on any atom is -0.462 e. The number of carbonyl (C=O) groups excluding carboxylic acids is 1. The monoisotopic (exact) mass is 580 g/mol. The maximum Gasteiger partial charge on any atom is 0.399 e. The van der Waals surface area contributed by atoms with Gasteiger partial charge in [0.25, 0.3) is 0 Å². The summed E-state index contributed by atoms with van der Waals surface area (Å²) in [6, 6.07) is 9.70. The van der Waals surface area contributed by atoms with Gasteiger partial charge < -0.3 is 16.2 Å². The van der Waals surface area contributed by atoms with E-state index in [2.05, 4.69) is 9.97 Å². The largest absolute Gasteiger partial charge is 0.462 e. The number of anilines is 2. The number of aromatic nitrogens is 4. The van der Waals surface area contributed by atoms with E-state index in [1.165, 1.54) is 61.8 Å². The maximum absolute atomic E-state index is 14.5. The first-order valence-corrected chi connectivity index (χ1v) is 12.7. The minimum atomic E-state index is -4.73. The zero-order chi connectivity index (χ0) is 30.8. The molecule has 0 radical (unpaired) electrons. The number of nitrogens with two attached hydrogens (primary N) is 2. The van der Waals surface area contributed by atoms with Crippen molar-refractivity contribution in [2.45, 2.75) is 32.9 Å².